The van der Waals surface area contributed by atoms with Crippen molar-refractivity contribution in [1.82, 2.24) is 20.2 Å². The van der Waals surface area contributed by atoms with Gasteiger partial charge in [-0.15, -0.1) is 0 Å². The summed E-state index contributed by atoms with van der Waals surface area (Å²) in [5.41, 5.74) is 6.03. The van der Waals surface area contributed by atoms with Crippen molar-refractivity contribution in [2.45, 2.75) is 97.9 Å². The highest BCUT2D eigenvalue weighted by Crippen LogP contribution is 2.45. The Morgan fingerprint density at radius 2 is 1.96 bits per heavy atom. The van der Waals surface area contributed by atoms with Crippen molar-refractivity contribution in [3.05, 3.63) is 61.7 Å². The number of aryl methyl sites for hydroxylation is 1. The number of aliphatic hydroxyl groups is 2. The van der Waals surface area contributed by atoms with Crippen molar-refractivity contribution in [2.24, 2.45) is 0 Å². The summed E-state index contributed by atoms with van der Waals surface area (Å²) in [7, 11) is 0. The fraction of sp³-hybridized carbons (Fsp3) is 0.500. The summed E-state index contributed by atoms with van der Waals surface area (Å²) >= 11 is 0. The maximum Gasteiger partial charge on any atom is 0.313 e. The van der Waals surface area contributed by atoms with Gasteiger partial charge in [0.05, 0.1) is 53.7 Å². The molecule has 0 spiro atoms. The van der Waals surface area contributed by atoms with Crippen LogP contribution in [0, 0.1) is 12.7 Å². The second kappa shape index (κ2) is 15.0. The summed E-state index contributed by atoms with van der Waals surface area (Å²) in [6.45, 7) is 9.66. The van der Waals surface area contributed by atoms with Crippen molar-refractivity contribution in [1.29, 1.82) is 0 Å². The Bertz CT molecular complexity index is 1700. The first-order chi connectivity index (χ1) is 22.1. The van der Waals surface area contributed by atoms with E-state index in [0.29, 0.717) is 72.2 Å². The number of nitrogens with zero attached hydrogens (tertiary/aromatic N) is 2. The number of cyclic esters (lactones) is 1. The van der Waals surface area contributed by atoms with Crippen molar-refractivity contribution in [3.63, 3.8) is 0 Å². The van der Waals surface area contributed by atoms with Gasteiger partial charge in [-0.25, -0.2) is 9.37 Å². The van der Waals surface area contributed by atoms with E-state index in [9.17, 15) is 23.6 Å². The van der Waals surface area contributed by atoms with Gasteiger partial charge in [0.2, 0.25) is 12.3 Å². The molecule has 3 aliphatic rings. The van der Waals surface area contributed by atoms with Gasteiger partial charge in [0.25, 0.3) is 5.56 Å². The van der Waals surface area contributed by atoms with Gasteiger partial charge in [0, 0.05) is 30.0 Å². The van der Waals surface area contributed by atoms with Crippen LogP contribution in [-0.4, -0.2) is 57.3 Å². The molecular weight excluding hydrogens is 595 g/mol. The fourth-order valence-corrected chi connectivity index (χ4v) is 6.44. The van der Waals surface area contributed by atoms with E-state index in [1.54, 1.807) is 11.5 Å². The molecule has 0 bridgehead atoms. The highest BCUT2D eigenvalue weighted by Gasteiger charge is 2.37. The zero-order valence-electron chi connectivity index (χ0n) is 27.0. The normalized spacial score (nSPS) is 17.6. The van der Waals surface area contributed by atoms with Gasteiger partial charge in [-0.3, -0.25) is 19.2 Å². The molecule has 4 heterocycles. The Labute approximate surface area is 267 Å². The van der Waals surface area contributed by atoms with Crippen molar-refractivity contribution in [2.75, 3.05) is 13.2 Å². The largest absolute Gasteiger partial charge is 0.460 e. The summed E-state index contributed by atoms with van der Waals surface area (Å²) in [4.78, 5) is 52.7. The van der Waals surface area contributed by atoms with Crippen molar-refractivity contribution in [3.8, 4) is 11.4 Å². The number of esters is 1. The quantitative estimate of drug-likeness (QED) is 0.169. The summed E-state index contributed by atoms with van der Waals surface area (Å²) in [6, 6.07) is 3.07. The van der Waals surface area contributed by atoms with E-state index in [-0.39, 0.29) is 49.1 Å². The number of rotatable bonds is 8. The highest BCUT2D eigenvalue weighted by molar-refractivity contribution is 5.93. The number of halogens is 1. The smallest absolute Gasteiger partial charge is 0.313 e. The molecular formula is C34H43FN4O7. The number of hydrogen-bond acceptors (Lipinski definition) is 8. The number of amides is 2. The average molecular weight is 639 g/mol. The van der Waals surface area contributed by atoms with Gasteiger partial charge in [0.15, 0.2) is 0 Å². The van der Waals surface area contributed by atoms with E-state index in [4.69, 9.17) is 19.9 Å². The minimum atomic E-state index is -0.837. The number of carbonyl (C=O) groups excluding carboxylic acids is 3. The maximum absolute atomic E-state index is 14.8. The number of benzene rings is 1. The Kier molecular flexibility index (Phi) is 11.3. The number of hydrogen-bond donors (Lipinski definition) is 4. The molecule has 3 atom stereocenters. The van der Waals surface area contributed by atoms with Crippen LogP contribution in [0.4, 0.5) is 4.39 Å². The van der Waals surface area contributed by atoms with Crippen LogP contribution in [-0.2, 0) is 38.7 Å². The second-order valence-electron chi connectivity index (χ2n) is 11.4. The SMILES string of the molecule is CC.CCC1C(=O)OCc2c1cc1n(c2=O)Cc2c-1nc1cc(F)c(C)c3c1c2C(NC=O)CC3.CCCC(=O)NCC(O)CO. The Morgan fingerprint density at radius 3 is 2.61 bits per heavy atom. The fourth-order valence-electron chi connectivity index (χ4n) is 6.44. The lowest BCUT2D eigenvalue weighted by atomic mass is 9.82. The van der Waals surface area contributed by atoms with Gasteiger partial charge in [-0.05, 0) is 60.9 Å². The van der Waals surface area contributed by atoms with Gasteiger partial charge in [0.1, 0.15) is 12.4 Å². The van der Waals surface area contributed by atoms with Crippen LogP contribution in [0.2, 0.25) is 0 Å². The molecule has 12 heteroatoms. The highest BCUT2D eigenvalue weighted by atomic mass is 19.1. The summed E-state index contributed by atoms with van der Waals surface area (Å²) in [6.07, 6.45) is 2.92. The van der Waals surface area contributed by atoms with Gasteiger partial charge >= 0.3 is 5.97 Å². The molecule has 11 nitrogen and oxygen atoms in total. The molecule has 4 N–H and O–H groups in total. The van der Waals surface area contributed by atoms with Crippen LogP contribution in [0.15, 0.2) is 16.9 Å². The van der Waals surface area contributed by atoms with E-state index >= 15 is 0 Å². The topological polar surface area (TPSA) is 160 Å². The molecule has 1 aliphatic carbocycles. The number of nitrogens with one attached hydrogen (secondary N) is 2. The first-order valence-electron chi connectivity index (χ1n) is 16.0. The van der Waals surface area contributed by atoms with Crippen LogP contribution < -0.4 is 16.2 Å². The van der Waals surface area contributed by atoms with Crippen LogP contribution in [0.3, 0.4) is 0 Å². The third kappa shape index (κ3) is 6.41. The molecule has 2 amide bonds. The zero-order valence-corrected chi connectivity index (χ0v) is 27.0. The number of fused-ring (bicyclic) bond motifs is 5. The first kappa shape index (κ1) is 34.7. The molecule has 3 aromatic rings. The predicted octanol–water partition coefficient (Wildman–Crippen LogP) is 3.44. The zero-order chi connectivity index (χ0) is 33.7. The van der Waals surface area contributed by atoms with Crippen LogP contribution in [0.25, 0.3) is 22.3 Å². The Balaban J connectivity index is 0.000000317. The summed E-state index contributed by atoms with van der Waals surface area (Å²) < 4.78 is 21.7. The minimum Gasteiger partial charge on any atom is -0.460 e. The molecule has 0 saturated carbocycles. The number of aromatic nitrogens is 2. The summed E-state index contributed by atoms with van der Waals surface area (Å²) in [5.74, 6) is -1.22. The third-order valence-corrected chi connectivity index (χ3v) is 8.69. The molecule has 2 aliphatic heterocycles. The number of pyridine rings is 2. The van der Waals surface area contributed by atoms with Crippen molar-refractivity contribution < 1.29 is 33.7 Å². The molecule has 3 unspecified atom stereocenters. The van der Waals surface area contributed by atoms with Crippen LogP contribution >= 0.6 is 0 Å². The lowest BCUT2D eigenvalue weighted by molar-refractivity contribution is -0.148. The second-order valence-corrected chi connectivity index (χ2v) is 11.4. The maximum atomic E-state index is 14.8. The molecule has 0 radical (unpaired) electrons. The van der Waals surface area contributed by atoms with Crippen LogP contribution in [0.1, 0.15) is 98.7 Å². The lowest BCUT2D eigenvalue weighted by Gasteiger charge is -2.28. The lowest BCUT2D eigenvalue weighted by Crippen LogP contribution is -2.33. The molecule has 248 valence electrons. The number of ether oxygens (including phenoxy) is 1. The Hall–Kier alpha value is -4.16. The van der Waals surface area contributed by atoms with E-state index in [0.717, 1.165) is 28.5 Å². The molecule has 1 aromatic carbocycles. The Morgan fingerprint density at radius 1 is 1.22 bits per heavy atom. The van der Waals surface area contributed by atoms with Gasteiger partial charge in [-0.2, -0.15) is 0 Å². The number of carbonyl (C=O) groups is 3. The van der Waals surface area contributed by atoms with Gasteiger partial charge < -0.3 is 30.2 Å². The average Bonchev–Trinajstić information content (AvgIpc) is 3.43. The third-order valence-electron chi connectivity index (χ3n) is 8.69. The van der Waals surface area contributed by atoms with E-state index in [1.807, 2.05) is 33.8 Å². The first-order valence-corrected chi connectivity index (χ1v) is 16.0. The molecule has 6 rings (SSSR count). The van der Waals surface area contributed by atoms with Crippen molar-refractivity contribution >= 4 is 29.2 Å². The van der Waals surface area contributed by atoms with Gasteiger partial charge in [-0.1, -0.05) is 27.7 Å². The van der Waals surface area contributed by atoms with Crippen LogP contribution in [0.5, 0.6) is 0 Å². The minimum absolute atomic E-state index is 0.0355. The molecule has 46 heavy (non-hydrogen) atoms. The van der Waals surface area contributed by atoms with E-state index in [2.05, 4.69) is 10.6 Å². The van der Waals surface area contributed by atoms with E-state index < -0.39 is 12.0 Å². The number of aliphatic hydroxyl groups excluding tert-OH is 2. The predicted molar refractivity (Wildman–Crippen MR) is 171 cm³/mol. The molecule has 2 aromatic heterocycles. The standard InChI is InChI=1S/C25H22FN3O4.C7H15NO3.C2H6/c1-3-12-14-6-20-23-15(8-29(20)24(31)16(14)9-33-25(12)32)22-18(27-10-30)5-4-13-11(2)17(26)7-19(28-23)21(13)22;1-2-3-7(11)8-4-6(10)5-9;1-2/h6-7,10,12,18H,3-5,8-9H2,1-2H3,(H,27,30);6,9-10H,2-5H2,1H3,(H,8,11);1-2H3. The summed E-state index contributed by atoms with van der Waals surface area (Å²) in [5, 5.41) is 23.5. The monoisotopic (exact) mass is 638 g/mol. The molecule has 0 fully saturated rings. The molecule has 0 saturated heterocycles. The van der Waals surface area contributed by atoms with E-state index in [1.165, 1.54) is 6.07 Å².